The molecule has 0 aliphatic heterocycles. The number of rotatable bonds is 3. The van der Waals surface area contributed by atoms with E-state index >= 15 is 0 Å². The highest BCUT2D eigenvalue weighted by Crippen LogP contribution is 2.39. The first-order valence-corrected chi connectivity index (χ1v) is 14.2. The van der Waals surface area contributed by atoms with Gasteiger partial charge in [-0.15, -0.1) is 0 Å². The van der Waals surface area contributed by atoms with Gasteiger partial charge in [0.15, 0.2) is 0 Å². The fourth-order valence-corrected chi connectivity index (χ4v) is 6.44. The molecule has 0 fully saturated rings. The molecule has 0 aliphatic rings. The van der Waals surface area contributed by atoms with Gasteiger partial charge in [0.05, 0.1) is 27.6 Å². The second-order valence-corrected chi connectivity index (χ2v) is 10.7. The van der Waals surface area contributed by atoms with Gasteiger partial charge in [0.1, 0.15) is 0 Å². The van der Waals surface area contributed by atoms with Crippen molar-refractivity contribution in [1.29, 1.82) is 0 Å². The largest absolute Gasteiger partial charge is 0.309 e. The van der Waals surface area contributed by atoms with Crippen LogP contribution in [0.5, 0.6) is 0 Å². The fraction of sp³-hybridized carbons (Fsp3) is 0. The van der Waals surface area contributed by atoms with Gasteiger partial charge in [0.2, 0.25) is 5.95 Å². The maximum Gasteiger partial charge on any atom is 0.235 e. The Morgan fingerprint density at radius 1 is 0.429 bits per heavy atom. The summed E-state index contributed by atoms with van der Waals surface area (Å²) in [4.78, 5) is 10.0. The van der Waals surface area contributed by atoms with Crippen LogP contribution in [0.15, 0.2) is 146 Å². The molecule has 0 N–H and O–H groups in total. The van der Waals surface area contributed by atoms with Crippen molar-refractivity contribution in [2.75, 3.05) is 0 Å². The number of benzene rings is 6. The summed E-state index contributed by atoms with van der Waals surface area (Å²) in [6.07, 6.45) is 1.95. The molecule has 0 saturated heterocycles. The van der Waals surface area contributed by atoms with E-state index in [2.05, 4.69) is 143 Å². The van der Waals surface area contributed by atoms with Crippen molar-refractivity contribution < 1.29 is 0 Å². The molecule has 0 radical (unpaired) electrons. The molecular formula is C38H24N4. The number of hydrogen-bond acceptors (Lipinski definition) is 2. The molecule has 196 valence electrons. The maximum atomic E-state index is 5.09. The van der Waals surface area contributed by atoms with Gasteiger partial charge in [0.25, 0.3) is 0 Å². The molecule has 0 aliphatic carbocycles. The van der Waals surface area contributed by atoms with Crippen molar-refractivity contribution in [3.05, 3.63) is 146 Å². The summed E-state index contributed by atoms with van der Waals surface area (Å²) >= 11 is 0. The first kappa shape index (κ1) is 23.0. The van der Waals surface area contributed by atoms with Gasteiger partial charge in [-0.25, -0.2) is 9.97 Å². The third-order valence-corrected chi connectivity index (χ3v) is 8.35. The van der Waals surface area contributed by atoms with Gasteiger partial charge < -0.3 is 4.57 Å². The zero-order valence-corrected chi connectivity index (χ0v) is 22.6. The van der Waals surface area contributed by atoms with Crippen molar-refractivity contribution in [2.24, 2.45) is 0 Å². The molecule has 3 heterocycles. The Morgan fingerprint density at radius 2 is 1.02 bits per heavy atom. The third kappa shape index (κ3) is 3.36. The molecule has 0 atom stereocenters. The average Bonchev–Trinajstić information content (AvgIpc) is 3.56. The summed E-state index contributed by atoms with van der Waals surface area (Å²) in [5.74, 6) is 0.673. The average molecular weight is 537 g/mol. The molecule has 0 spiro atoms. The van der Waals surface area contributed by atoms with Crippen LogP contribution < -0.4 is 0 Å². The van der Waals surface area contributed by atoms with Gasteiger partial charge >= 0.3 is 0 Å². The predicted octanol–water partition coefficient (Wildman–Crippen LogP) is 9.49. The van der Waals surface area contributed by atoms with Gasteiger partial charge in [-0.05, 0) is 59.7 Å². The molecule has 42 heavy (non-hydrogen) atoms. The highest BCUT2D eigenvalue weighted by atomic mass is 15.2. The number of aromatic nitrogens is 4. The summed E-state index contributed by atoms with van der Waals surface area (Å²) in [7, 11) is 0. The van der Waals surface area contributed by atoms with Crippen molar-refractivity contribution >= 4 is 54.5 Å². The number of hydrogen-bond donors (Lipinski definition) is 0. The van der Waals surface area contributed by atoms with E-state index in [-0.39, 0.29) is 0 Å². The Labute approximate surface area is 241 Å². The Balaban J connectivity index is 1.32. The van der Waals surface area contributed by atoms with Crippen LogP contribution in [0.2, 0.25) is 0 Å². The van der Waals surface area contributed by atoms with Crippen molar-refractivity contribution in [1.82, 2.24) is 19.1 Å². The Kier molecular flexibility index (Phi) is 4.87. The van der Waals surface area contributed by atoms with E-state index in [4.69, 9.17) is 9.97 Å². The smallest absolute Gasteiger partial charge is 0.235 e. The number of para-hydroxylation sites is 3. The van der Waals surface area contributed by atoms with E-state index in [0.29, 0.717) is 5.95 Å². The Morgan fingerprint density at radius 3 is 1.74 bits per heavy atom. The molecule has 4 nitrogen and oxygen atoms in total. The van der Waals surface area contributed by atoms with E-state index in [9.17, 15) is 0 Å². The number of fused-ring (bicyclic) bond motifs is 7. The van der Waals surface area contributed by atoms with Gasteiger partial charge in [-0.3, -0.25) is 4.57 Å². The highest BCUT2D eigenvalue weighted by molar-refractivity contribution is 6.18. The van der Waals surface area contributed by atoms with Crippen LogP contribution in [0.4, 0.5) is 0 Å². The van der Waals surface area contributed by atoms with Crippen molar-refractivity contribution in [3.8, 4) is 22.8 Å². The summed E-state index contributed by atoms with van der Waals surface area (Å²) < 4.78 is 4.58. The maximum absolute atomic E-state index is 5.09. The standard InChI is InChI=1S/C38H24N4/c1-3-11-25(12-4-1)26-19-20-33-27(21-26)24-39-38(40-33)42-35-18-10-8-16-30(35)32-22-36-31(23-37(32)42)29-15-7-9-17-34(29)41(36)28-13-5-2-6-14-28/h1-24H. The molecule has 4 heteroatoms. The van der Waals surface area contributed by atoms with E-state index in [0.717, 1.165) is 33.2 Å². The summed E-state index contributed by atoms with van der Waals surface area (Å²) in [5.41, 5.74) is 8.99. The molecule has 9 aromatic rings. The lowest BCUT2D eigenvalue weighted by atomic mass is 10.0. The van der Waals surface area contributed by atoms with Crippen molar-refractivity contribution in [2.45, 2.75) is 0 Å². The van der Waals surface area contributed by atoms with Crippen LogP contribution in [0.1, 0.15) is 0 Å². The van der Waals surface area contributed by atoms with E-state index in [1.807, 2.05) is 12.3 Å². The minimum Gasteiger partial charge on any atom is -0.309 e. The van der Waals surface area contributed by atoms with Crippen molar-refractivity contribution in [3.63, 3.8) is 0 Å². The normalized spacial score (nSPS) is 11.8. The van der Waals surface area contributed by atoms with Crippen LogP contribution in [-0.2, 0) is 0 Å². The van der Waals surface area contributed by atoms with Gasteiger partial charge in [-0.1, -0.05) is 91.0 Å². The minimum atomic E-state index is 0.673. The fourth-order valence-electron chi connectivity index (χ4n) is 6.44. The first-order chi connectivity index (χ1) is 20.8. The summed E-state index contributed by atoms with van der Waals surface area (Å²) in [6, 6.07) is 49.3. The lowest BCUT2D eigenvalue weighted by molar-refractivity contribution is 1.01. The lowest BCUT2D eigenvalue weighted by Crippen LogP contribution is -2.01. The topological polar surface area (TPSA) is 35.6 Å². The lowest BCUT2D eigenvalue weighted by Gasteiger charge is -2.09. The van der Waals surface area contributed by atoms with Crippen LogP contribution >= 0.6 is 0 Å². The SMILES string of the molecule is c1ccc(-c2ccc3nc(-n4c5ccccc5c5cc6c(cc54)c4ccccc4n6-c4ccccc4)ncc3c2)cc1. The van der Waals surface area contributed by atoms with E-state index < -0.39 is 0 Å². The highest BCUT2D eigenvalue weighted by Gasteiger charge is 2.19. The first-order valence-electron chi connectivity index (χ1n) is 14.2. The zero-order chi connectivity index (χ0) is 27.6. The quantitative estimate of drug-likeness (QED) is 0.225. The molecule has 0 saturated carbocycles. The summed E-state index contributed by atoms with van der Waals surface area (Å²) in [5, 5.41) is 5.82. The number of nitrogens with zero attached hydrogens (tertiary/aromatic N) is 4. The Bertz CT molecular complexity index is 2450. The molecule has 3 aromatic heterocycles. The molecule has 0 amide bonds. The zero-order valence-electron chi connectivity index (χ0n) is 22.6. The predicted molar refractivity (Wildman–Crippen MR) is 174 cm³/mol. The van der Waals surface area contributed by atoms with Crippen LogP contribution in [-0.4, -0.2) is 19.1 Å². The molecule has 0 bridgehead atoms. The van der Waals surface area contributed by atoms with Crippen LogP contribution in [0.3, 0.4) is 0 Å². The van der Waals surface area contributed by atoms with E-state index in [1.54, 1.807) is 0 Å². The molecule has 9 rings (SSSR count). The second-order valence-electron chi connectivity index (χ2n) is 10.7. The molecular weight excluding hydrogens is 512 g/mol. The van der Waals surface area contributed by atoms with Gasteiger partial charge in [-0.2, -0.15) is 0 Å². The van der Waals surface area contributed by atoms with E-state index in [1.165, 1.54) is 38.1 Å². The molecule has 0 unspecified atom stereocenters. The second kappa shape index (κ2) is 8.88. The molecule has 6 aromatic carbocycles. The Hall–Kier alpha value is -5.74. The van der Waals surface area contributed by atoms with Crippen LogP contribution in [0.25, 0.3) is 77.3 Å². The summed E-state index contributed by atoms with van der Waals surface area (Å²) in [6.45, 7) is 0. The monoisotopic (exact) mass is 536 g/mol. The van der Waals surface area contributed by atoms with Gasteiger partial charge in [0, 0.05) is 38.8 Å². The minimum absolute atomic E-state index is 0.673. The van der Waals surface area contributed by atoms with Crippen LogP contribution in [0, 0.1) is 0 Å². The third-order valence-electron chi connectivity index (χ3n) is 8.35.